The molecule has 25 heavy (non-hydrogen) atoms. The number of rotatable bonds is 6. The van der Waals surface area contributed by atoms with Gasteiger partial charge in [-0.2, -0.15) is 0 Å². The Morgan fingerprint density at radius 1 is 0.880 bits per heavy atom. The number of hydrogen-bond donors (Lipinski definition) is 2. The molecule has 0 atom stereocenters. The maximum absolute atomic E-state index is 11.7. The zero-order chi connectivity index (χ0) is 18.2. The van der Waals surface area contributed by atoms with Gasteiger partial charge in [-0.3, -0.25) is 20.4 Å². The highest BCUT2D eigenvalue weighted by molar-refractivity contribution is 9.10. The molecule has 132 valence electrons. The number of hydrazine groups is 1. The minimum atomic E-state index is -0.466. The Bertz CT molecular complexity index is 764. The number of amides is 2. The maximum atomic E-state index is 11.7. The number of hydrogen-bond acceptors (Lipinski definition) is 4. The molecule has 0 heterocycles. The number of carbonyl (C=O) groups is 2. The first-order chi connectivity index (χ1) is 12.0. The minimum Gasteiger partial charge on any atom is -0.483 e. The summed E-state index contributed by atoms with van der Waals surface area (Å²) < 4.78 is 11.7. The minimum absolute atomic E-state index is 0.197. The smallest absolute Gasteiger partial charge is 0.276 e. The first kappa shape index (κ1) is 18.8. The van der Waals surface area contributed by atoms with Crippen LogP contribution in [-0.2, 0) is 9.59 Å². The van der Waals surface area contributed by atoms with E-state index in [1.54, 1.807) is 12.1 Å². The zero-order valence-electron chi connectivity index (χ0n) is 14.0. The van der Waals surface area contributed by atoms with Crippen LogP contribution in [0, 0.1) is 13.8 Å². The molecule has 2 rings (SSSR count). The summed E-state index contributed by atoms with van der Waals surface area (Å²) >= 11 is 3.36. The van der Waals surface area contributed by atoms with Crippen LogP contribution in [0.1, 0.15) is 11.1 Å². The van der Waals surface area contributed by atoms with Crippen molar-refractivity contribution in [1.82, 2.24) is 10.9 Å². The lowest BCUT2D eigenvalue weighted by atomic mass is 10.2. The topological polar surface area (TPSA) is 76.7 Å². The molecule has 0 aromatic heterocycles. The predicted molar refractivity (Wildman–Crippen MR) is 97.3 cm³/mol. The summed E-state index contributed by atoms with van der Waals surface area (Å²) in [4.78, 5) is 23.4. The summed E-state index contributed by atoms with van der Waals surface area (Å²) in [7, 11) is 0. The molecular weight excluding hydrogens is 388 g/mol. The lowest BCUT2D eigenvalue weighted by Crippen LogP contribution is -2.45. The predicted octanol–water partition coefficient (Wildman–Crippen LogP) is 2.67. The van der Waals surface area contributed by atoms with Crippen LogP contribution in [0.3, 0.4) is 0 Å². The van der Waals surface area contributed by atoms with Crippen molar-refractivity contribution in [2.75, 3.05) is 13.2 Å². The lowest BCUT2D eigenvalue weighted by molar-refractivity contribution is -0.131. The summed E-state index contributed by atoms with van der Waals surface area (Å²) in [6.45, 7) is 3.36. The van der Waals surface area contributed by atoms with E-state index in [1.807, 2.05) is 44.2 Å². The third-order valence-electron chi connectivity index (χ3n) is 3.29. The summed E-state index contributed by atoms with van der Waals surface area (Å²) in [5.41, 5.74) is 6.39. The van der Waals surface area contributed by atoms with Gasteiger partial charge >= 0.3 is 0 Å². The summed E-state index contributed by atoms with van der Waals surface area (Å²) in [6.07, 6.45) is 0. The molecule has 2 amide bonds. The van der Waals surface area contributed by atoms with Gasteiger partial charge in [0.25, 0.3) is 11.8 Å². The summed E-state index contributed by atoms with van der Waals surface area (Å²) in [5.74, 6) is 0.300. The fourth-order valence-corrected chi connectivity index (χ4v) is 2.47. The second kappa shape index (κ2) is 9.08. The first-order valence-corrected chi connectivity index (χ1v) is 8.40. The first-order valence-electron chi connectivity index (χ1n) is 7.61. The fraction of sp³-hybridized carbons (Fsp3) is 0.222. The molecular formula is C18H19BrN2O4. The molecule has 2 aromatic carbocycles. The third kappa shape index (κ3) is 6.11. The van der Waals surface area contributed by atoms with Crippen molar-refractivity contribution in [2.24, 2.45) is 0 Å². The van der Waals surface area contributed by atoms with E-state index in [9.17, 15) is 9.59 Å². The van der Waals surface area contributed by atoms with Crippen LogP contribution in [0.5, 0.6) is 11.5 Å². The van der Waals surface area contributed by atoms with E-state index in [4.69, 9.17) is 9.47 Å². The third-order valence-corrected chi connectivity index (χ3v) is 3.78. The molecule has 7 heteroatoms. The normalized spacial score (nSPS) is 10.0. The van der Waals surface area contributed by atoms with E-state index in [2.05, 4.69) is 26.8 Å². The van der Waals surface area contributed by atoms with Crippen molar-refractivity contribution < 1.29 is 19.1 Å². The van der Waals surface area contributed by atoms with Gasteiger partial charge < -0.3 is 9.47 Å². The van der Waals surface area contributed by atoms with Crippen LogP contribution >= 0.6 is 15.9 Å². The van der Waals surface area contributed by atoms with E-state index in [-0.39, 0.29) is 13.2 Å². The Morgan fingerprint density at radius 2 is 1.44 bits per heavy atom. The zero-order valence-corrected chi connectivity index (χ0v) is 15.6. The molecule has 0 spiro atoms. The highest BCUT2D eigenvalue weighted by atomic mass is 79.9. The molecule has 0 fully saturated rings. The van der Waals surface area contributed by atoms with Crippen molar-refractivity contribution in [1.29, 1.82) is 0 Å². The van der Waals surface area contributed by atoms with Crippen LogP contribution in [0.15, 0.2) is 46.9 Å². The Hall–Kier alpha value is -2.54. The molecule has 0 radical (unpaired) electrons. The molecule has 0 bridgehead atoms. The fourth-order valence-electron chi connectivity index (χ4n) is 1.99. The molecule has 0 unspecified atom stereocenters. The maximum Gasteiger partial charge on any atom is 0.276 e. The Kier molecular flexibility index (Phi) is 6.82. The van der Waals surface area contributed by atoms with Crippen molar-refractivity contribution in [3.8, 4) is 11.5 Å². The van der Waals surface area contributed by atoms with Gasteiger partial charge in [0.15, 0.2) is 13.2 Å². The number of ether oxygens (including phenoxy) is 2. The van der Waals surface area contributed by atoms with E-state index >= 15 is 0 Å². The largest absolute Gasteiger partial charge is 0.483 e. The average molecular weight is 407 g/mol. The lowest BCUT2D eigenvalue weighted by Gasteiger charge is -2.11. The Morgan fingerprint density at radius 3 is 2.00 bits per heavy atom. The number of carbonyl (C=O) groups excluding carboxylic acids is 2. The van der Waals surface area contributed by atoms with Gasteiger partial charge in [0.2, 0.25) is 0 Å². The van der Waals surface area contributed by atoms with Crippen LogP contribution in [0.4, 0.5) is 0 Å². The number of nitrogens with one attached hydrogen (secondary N) is 2. The van der Waals surface area contributed by atoms with Crippen molar-refractivity contribution in [2.45, 2.75) is 13.8 Å². The monoisotopic (exact) mass is 406 g/mol. The van der Waals surface area contributed by atoms with Gasteiger partial charge in [-0.25, -0.2) is 0 Å². The van der Waals surface area contributed by atoms with E-state index in [0.717, 1.165) is 15.6 Å². The molecule has 0 aliphatic carbocycles. The highest BCUT2D eigenvalue weighted by Gasteiger charge is 2.08. The average Bonchev–Trinajstić information content (AvgIpc) is 2.58. The Balaban J connectivity index is 1.70. The summed E-state index contributed by atoms with van der Waals surface area (Å²) in [5, 5.41) is 0. The quantitative estimate of drug-likeness (QED) is 0.722. The molecule has 2 N–H and O–H groups in total. The Labute approximate surface area is 154 Å². The van der Waals surface area contributed by atoms with Crippen LogP contribution < -0.4 is 20.3 Å². The van der Waals surface area contributed by atoms with Gasteiger partial charge in [0.1, 0.15) is 11.5 Å². The molecule has 0 saturated heterocycles. The molecule has 6 nitrogen and oxygen atoms in total. The van der Waals surface area contributed by atoms with Crippen LogP contribution in [-0.4, -0.2) is 25.0 Å². The van der Waals surface area contributed by atoms with E-state index in [0.29, 0.717) is 11.5 Å². The number of para-hydroxylation sites is 1. The van der Waals surface area contributed by atoms with Crippen LogP contribution in [0.2, 0.25) is 0 Å². The summed E-state index contributed by atoms with van der Waals surface area (Å²) in [6, 6.07) is 12.8. The van der Waals surface area contributed by atoms with E-state index in [1.165, 1.54) is 0 Å². The highest BCUT2D eigenvalue weighted by Crippen LogP contribution is 2.21. The van der Waals surface area contributed by atoms with E-state index < -0.39 is 11.8 Å². The number of halogens is 1. The van der Waals surface area contributed by atoms with Crippen molar-refractivity contribution in [3.05, 3.63) is 58.1 Å². The van der Waals surface area contributed by atoms with Gasteiger partial charge in [-0.15, -0.1) is 0 Å². The molecule has 0 aliphatic rings. The SMILES string of the molecule is Cc1ccccc1OCC(=O)NNC(=O)COc1ccc(Br)cc1C. The van der Waals surface area contributed by atoms with Gasteiger partial charge in [-0.1, -0.05) is 34.1 Å². The second-order valence-corrected chi connectivity index (χ2v) is 6.26. The van der Waals surface area contributed by atoms with Crippen molar-refractivity contribution in [3.63, 3.8) is 0 Å². The molecule has 2 aromatic rings. The standard InChI is InChI=1S/C18H19BrN2O4/c1-12-5-3-4-6-15(12)24-10-17(22)20-21-18(23)11-25-16-8-7-14(19)9-13(16)2/h3-9H,10-11H2,1-2H3,(H,20,22)(H,21,23). The number of aryl methyl sites for hydroxylation is 2. The van der Waals surface area contributed by atoms with Gasteiger partial charge in [0, 0.05) is 4.47 Å². The van der Waals surface area contributed by atoms with Gasteiger partial charge in [0.05, 0.1) is 0 Å². The van der Waals surface area contributed by atoms with Gasteiger partial charge in [-0.05, 0) is 49.2 Å². The van der Waals surface area contributed by atoms with Crippen molar-refractivity contribution >= 4 is 27.7 Å². The molecule has 0 aliphatic heterocycles. The second-order valence-electron chi connectivity index (χ2n) is 5.35. The molecule has 0 saturated carbocycles. The number of benzene rings is 2. The van der Waals surface area contributed by atoms with Crippen LogP contribution in [0.25, 0.3) is 0 Å².